The maximum absolute atomic E-state index is 12.5. The minimum atomic E-state index is -1.88. The molecule has 1 aliphatic rings. The first kappa shape index (κ1) is 30.8. The molecule has 1 aliphatic heterocycles. The lowest BCUT2D eigenvalue weighted by Gasteiger charge is -2.38. The molecular formula is C27H34N2O11. The van der Waals surface area contributed by atoms with Crippen molar-refractivity contribution in [3.63, 3.8) is 0 Å². The Hall–Kier alpha value is -3.75. The number of aliphatic hydroxyl groups is 3. The van der Waals surface area contributed by atoms with Gasteiger partial charge < -0.3 is 44.7 Å². The van der Waals surface area contributed by atoms with Crippen LogP contribution in [0.1, 0.15) is 25.0 Å². The number of carboxylic acid groups (broad SMARTS) is 1. The maximum atomic E-state index is 12.5. The fourth-order valence-electron chi connectivity index (χ4n) is 3.88. The van der Waals surface area contributed by atoms with Crippen molar-refractivity contribution in [1.29, 1.82) is 0 Å². The van der Waals surface area contributed by atoms with Crippen LogP contribution in [0, 0.1) is 0 Å². The van der Waals surface area contributed by atoms with Crippen LogP contribution in [0.3, 0.4) is 0 Å². The van der Waals surface area contributed by atoms with Crippen molar-refractivity contribution in [2.75, 3.05) is 19.1 Å². The Morgan fingerprint density at radius 2 is 1.73 bits per heavy atom. The number of carboxylic acids is 1. The number of ether oxygens (including phenoxy) is 4. The van der Waals surface area contributed by atoms with Gasteiger partial charge in [0.1, 0.15) is 37.4 Å². The Morgan fingerprint density at radius 3 is 2.38 bits per heavy atom. The van der Waals surface area contributed by atoms with E-state index in [0.717, 1.165) is 5.56 Å². The molecule has 5 N–H and O–H groups in total. The number of hydrogen-bond acceptors (Lipinski definition) is 10. The molecular weight excluding hydrogens is 528 g/mol. The second-order valence-corrected chi connectivity index (χ2v) is 9.41. The summed E-state index contributed by atoms with van der Waals surface area (Å²) in [7, 11) is 1.53. The number of anilines is 1. The second-order valence-electron chi connectivity index (χ2n) is 9.41. The number of benzene rings is 2. The van der Waals surface area contributed by atoms with Crippen LogP contribution >= 0.6 is 0 Å². The van der Waals surface area contributed by atoms with E-state index in [1.54, 1.807) is 0 Å². The van der Waals surface area contributed by atoms with E-state index in [1.165, 1.54) is 37.1 Å². The maximum Gasteiger partial charge on any atom is 0.411 e. The van der Waals surface area contributed by atoms with E-state index in [2.05, 4.69) is 5.32 Å². The zero-order valence-electron chi connectivity index (χ0n) is 22.3. The lowest BCUT2D eigenvalue weighted by Crippen LogP contribution is -2.61. The highest BCUT2D eigenvalue weighted by Gasteiger charge is 2.48. The molecule has 0 aliphatic carbocycles. The highest BCUT2D eigenvalue weighted by Crippen LogP contribution is 2.31. The highest BCUT2D eigenvalue weighted by atomic mass is 16.7. The summed E-state index contributed by atoms with van der Waals surface area (Å²) in [6.45, 7) is 3.00. The number of hydrogen-bond donors (Lipinski definition) is 5. The molecule has 0 bridgehead atoms. The first-order chi connectivity index (χ1) is 19.0. The third kappa shape index (κ3) is 8.37. The predicted molar refractivity (Wildman–Crippen MR) is 139 cm³/mol. The van der Waals surface area contributed by atoms with Crippen LogP contribution in [-0.2, 0) is 36.8 Å². The van der Waals surface area contributed by atoms with Gasteiger partial charge in [0.05, 0.1) is 11.8 Å². The molecule has 2 amide bonds. The Balaban J connectivity index is 1.59. The highest BCUT2D eigenvalue weighted by molar-refractivity contribution is 5.90. The topological polar surface area (TPSA) is 184 Å². The summed E-state index contributed by atoms with van der Waals surface area (Å²) in [5, 5.41) is 41.9. The molecule has 13 heteroatoms. The van der Waals surface area contributed by atoms with Crippen molar-refractivity contribution >= 4 is 23.7 Å². The molecule has 3 rings (SSSR count). The number of aliphatic carboxylic acids is 1. The number of nitrogens with zero attached hydrogens (tertiary/aromatic N) is 1. The van der Waals surface area contributed by atoms with Gasteiger partial charge in [0, 0.05) is 14.0 Å². The quantitative estimate of drug-likeness (QED) is 0.247. The first-order valence-corrected chi connectivity index (χ1v) is 12.5. The molecule has 13 nitrogen and oxygen atoms in total. The lowest BCUT2D eigenvalue weighted by molar-refractivity contribution is -0.271. The van der Waals surface area contributed by atoms with Crippen molar-refractivity contribution < 1.29 is 53.8 Å². The Labute approximate surface area is 230 Å². The first-order valence-electron chi connectivity index (χ1n) is 12.5. The minimum Gasteiger partial charge on any atom is -0.479 e. The summed E-state index contributed by atoms with van der Waals surface area (Å²) >= 11 is 0. The van der Waals surface area contributed by atoms with Crippen LogP contribution in [-0.4, -0.2) is 93.9 Å². The summed E-state index contributed by atoms with van der Waals surface area (Å²) in [6.07, 6.45) is -9.14. The number of amides is 2. The van der Waals surface area contributed by atoms with Crippen LogP contribution in [0.15, 0.2) is 48.5 Å². The largest absolute Gasteiger partial charge is 0.479 e. The van der Waals surface area contributed by atoms with Gasteiger partial charge in [-0.3, -0.25) is 9.69 Å². The minimum absolute atomic E-state index is 0.0123. The zero-order chi connectivity index (χ0) is 29.4. The van der Waals surface area contributed by atoms with Crippen LogP contribution in [0.2, 0.25) is 0 Å². The smallest absolute Gasteiger partial charge is 0.411 e. The molecule has 1 saturated heterocycles. The van der Waals surface area contributed by atoms with Crippen LogP contribution in [0.25, 0.3) is 0 Å². The van der Waals surface area contributed by atoms with Crippen molar-refractivity contribution in [3.05, 3.63) is 59.7 Å². The fourth-order valence-corrected chi connectivity index (χ4v) is 3.88. The van der Waals surface area contributed by atoms with Crippen LogP contribution < -0.4 is 10.1 Å². The molecule has 0 aromatic heterocycles. The SMILES string of the molecule is CC(=O)Nc1cc(COC(=O)N(C)COC(C)Cc2ccccc2)ccc1OC1OC(C(=O)O)C(O)[C@H](O)[C@@H]1O. The van der Waals surface area contributed by atoms with Crippen molar-refractivity contribution in [2.24, 2.45) is 0 Å². The van der Waals surface area contributed by atoms with Gasteiger partial charge in [0.25, 0.3) is 0 Å². The Kier molecular flexibility index (Phi) is 10.8. The number of nitrogens with one attached hydrogen (secondary N) is 1. The molecule has 0 radical (unpaired) electrons. The summed E-state index contributed by atoms with van der Waals surface area (Å²) in [4.78, 5) is 36.8. The van der Waals surface area contributed by atoms with Crippen molar-refractivity contribution in [2.45, 2.75) is 63.7 Å². The van der Waals surface area contributed by atoms with Crippen LogP contribution in [0.5, 0.6) is 5.75 Å². The zero-order valence-corrected chi connectivity index (χ0v) is 22.3. The van der Waals surface area contributed by atoms with Gasteiger partial charge in [-0.15, -0.1) is 0 Å². The summed E-state index contributed by atoms with van der Waals surface area (Å²) in [5.41, 5.74) is 1.69. The van der Waals surface area contributed by atoms with Gasteiger partial charge in [0.2, 0.25) is 12.2 Å². The molecule has 6 atom stereocenters. The fraction of sp³-hybridized carbons (Fsp3) is 0.444. The lowest BCUT2D eigenvalue weighted by atomic mass is 9.99. The third-order valence-corrected chi connectivity index (χ3v) is 6.00. The Bertz CT molecular complexity index is 1160. The molecule has 1 fully saturated rings. The van der Waals surface area contributed by atoms with Crippen molar-refractivity contribution in [1.82, 2.24) is 4.90 Å². The summed E-state index contributed by atoms with van der Waals surface area (Å²) in [5.74, 6) is -2.06. The third-order valence-electron chi connectivity index (χ3n) is 6.00. The molecule has 4 unspecified atom stereocenters. The molecule has 0 saturated carbocycles. The van der Waals surface area contributed by atoms with E-state index >= 15 is 0 Å². The monoisotopic (exact) mass is 562 g/mol. The number of rotatable bonds is 11. The van der Waals surface area contributed by atoms with Gasteiger partial charge in [-0.2, -0.15) is 0 Å². The van der Waals surface area contributed by atoms with E-state index in [0.29, 0.717) is 12.0 Å². The van der Waals surface area contributed by atoms with E-state index < -0.39 is 48.7 Å². The van der Waals surface area contributed by atoms with E-state index in [-0.39, 0.29) is 30.9 Å². The molecule has 0 spiro atoms. The van der Waals surface area contributed by atoms with E-state index in [1.807, 2.05) is 37.3 Å². The average Bonchev–Trinajstić information content (AvgIpc) is 2.91. The van der Waals surface area contributed by atoms with Gasteiger partial charge >= 0.3 is 12.1 Å². The molecule has 2 aromatic carbocycles. The van der Waals surface area contributed by atoms with Gasteiger partial charge in [-0.25, -0.2) is 9.59 Å². The standard InChI is InChI=1S/C27H34N2O11/c1-15(11-17-7-5-4-6-8-17)38-14-29(3)27(36)37-13-18-9-10-20(19(12-18)28-16(2)30)39-26-23(33)21(31)22(32)24(40-26)25(34)35/h4-10,12,15,21-24,26,31-33H,11,13-14H2,1-3H3,(H,28,30)(H,34,35)/t15?,21-,22?,23-,24?,26?/m0/s1. The number of carbonyl (C=O) groups is 3. The Morgan fingerprint density at radius 1 is 1.02 bits per heavy atom. The normalized spacial score (nSPS) is 23.1. The number of aliphatic hydroxyl groups excluding tert-OH is 3. The molecule has 2 aromatic rings. The molecule has 40 heavy (non-hydrogen) atoms. The number of carbonyl (C=O) groups excluding carboxylic acids is 2. The predicted octanol–water partition coefficient (Wildman–Crippen LogP) is 1.09. The van der Waals surface area contributed by atoms with Gasteiger partial charge in [-0.1, -0.05) is 36.4 Å². The van der Waals surface area contributed by atoms with Crippen molar-refractivity contribution in [3.8, 4) is 5.75 Å². The van der Waals surface area contributed by atoms with E-state index in [9.17, 15) is 34.8 Å². The summed E-state index contributed by atoms with van der Waals surface area (Å²) < 4.78 is 21.8. The van der Waals surface area contributed by atoms with Gasteiger partial charge in [-0.05, 0) is 36.6 Å². The average molecular weight is 563 g/mol. The van der Waals surface area contributed by atoms with E-state index in [4.69, 9.17) is 18.9 Å². The molecule has 218 valence electrons. The van der Waals surface area contributed by atoms with Crippen LogP contribution in [0.4, 0.5) is 10.5 Å². The van der Waals surface area contributed by atoms with Gasteiger partial charge in [0.15, 0.2) is 6.10 Å². The second kappa shape index (κ2) is 14.1. The summed E-state index contributed by atoms with van der Waals surface area (Å²) in [6, 6.07) is 14.2. The molecule has 1 heterocycles.